The summed E-state index contributed by atoms with van der Waals surface area (Å²) in [7, 11) is -0.450. The van der Waals surface area contributed by atoms with Gasteiger partial charge in [0.25, 0.3) is 0 Å². The molecule has 0 N–H and O–H groups in total. The number of aryl methyl sites for hydroxylation is 1. The molecule has 2 aromatic carbocycles. The number of nitrogens with zero attached hydrogens (tertiary/aromatic N) is 1. The molecule has 0 spiro atoms. The summed E-state index contributed by atoms with van der Waals surface area (Å²) in [6.45, 7) is 8.74. The van der Waals surface area contributed by atoms with Crippen molar-refractivity contribution in [3.8, 4) is 0 Å². The molecule has 0 aliphatic carbocycles. The van der Waals surface area contributed by atoms with Crippen LogP contribution >= 0.6 is 0 Å². The van der Waals surface area contributed by atoms with Gasteiger partial charge in [-0.1, -0.05) is 18.2 Å². The van der Waals surface area contributed by atoms with Crippen LogP contribution in [0.1, 0.15) is 45.2 Å². The molecule has 0 radical (unpaired) electrons. The highest BCUT2D eigenvalue weighted by atomic mass is 19.4. The Hall–Kier alpha value is -1.99. The van der Waals surface area contributed by atoms with Gasteiger partial charge in [-0.2, -0.15) is 13.2 Å². The third kappa shape index (κ3) is 3.66. The van der Waals surface area contributed by atoms with Gasteiger partial charge in [-0.05, 0) is 75.8 Å². The summed E-state index contributed by atoms with van der Waals surface area (Å²) in [5.74, 6) is 0. The van der Waals surface area contributed by atoms with Crippen LogP contribution in [0.5, 0.6) is 0 Å². The first-order valence-corrected chi connectivity index (χ1v) is 9.91. The van der Waals surface area contributed by atoms with Gasteiger partial charge in [0.05, 0.1) is 16.8 Å². The molecule has 0 atom stereocenters. The lowest BCUT2D eigenvalue weighted by Gasteiger charge is -2.32. The van der Waals surface area contributed by atoms with Gasteiger partial charge in [0.15, 0.2) is 0 Å². The molecule has 0 saturated carbocycles. The second-order valence-electron chi connectivity index (χ2n) is 8.78. The van der Waals surface area contributed by atoms with Gasteiger partial charge in [-0.3, -0.25) is 0 Å². The maximum Gasteiger partial charge on any atom is 0.494 e. The van der Waals surface area contributed by atoms with Crippen molar-refractivity contribution in [2.24, 2.45) is 0 Å². The van der Waals surface area contributed by atoms with Crippen molar-refractivity contribution in [1.82, 2.24) is 0 Å². The van der Waals surface area contributed by atoms with Gasteiger partial charge in [0.1, 0.15) is 0 Å². The van der Waals surface area contributed by atoms with Crippen LogP contribution in [0.2, 0.25) is 0 Å². The number of halogens is 3. The SMILES string of the molecule is CC1(C)OB(c2ccc3c(c2)CCCN3c2cccc(C(F)(F)F)c2)OC1(C)C. The second kappa shape index (κ2) is 6.78. The molecule has 3 nitrogen and oxygen atoms in total. The zero-order chi connectivity index (χ0) is 21.0. The molecule has 0 amide bonds. The van der Waals surface area contributed by atoms with Crippen LogP contribution < -0.4 is 10.4 Å². The predicted octanol–water partition coefficient (Wildman–Crippen LogP) is 5.09. The first-order valence-electron chi connectivity index (χ1n) is 9.91. The van der Waals surface area contributed by atoms with Crippen molar-refractivity contribution in [3.05, 3.63) is 53.6 Å². The first-order chi connectivity index (χ1) is 13.5. The summed E-state index contributed by atoms with van der Waals surface area (Å²) in [5.41, 5.74) is 2.07. The molecule has 2 aromatic rings. The van der Waals surface area contributed by atoms with Crippen molar-refractivity contribution < 1.29 is 22.5 Å². The molecule has 2 aliphatic heterocycles. The van der Waals surface area contributed by atoms with Gasteiger partial charge >= 0.3 is 13.3 Å². The fourth-order valence-electron chi connectivity index (χ4n) is 3.86. The molecule has 2 heterocycles. The number of rotatable bonds is 2. The molecule has 1 fully saturated rings. The van der Waals surface area contributed by atoms with Gasteiger partial charge in [-0.15, -0.1) is 0 Å². The lowest BCUT2D eigenvalue weighted by molar-refractivity contribution is -0.137. The summed E-state index contributed by atoms with van der Waals surface area (Å²) in [4.78, 5) is 1.96. The van der Waals surface area contributed by atoms with Crippen LogP contribution in [0.3, 0.4) is 0 Å². The van der Waals surface area contributed by atoms with E-state index in [2.05, 4.69) is 6.07 Å². The maximum absolute atomic E-state index is 13.1. The Morgan fingerprint density at radius 1 is 0.966 bits per heavy atom. The fraction of sp³-hybridized carbons (Fsp3) is 0.455. The molecule has 0 aromatic heterocycles. The third-order valence-corrected chi connectivity index (χ3v) is 6.23. The summed E-state index contributed by atoms with van der Waals surface area (Å²) in [6, 6.07) is 11.5. The summed E-state index contributed by atoms with van der Waals surface area (Å²) in [6.07, 6.45) is -2.61. The number of benzene rings is 2. The van der Waals surface area contributed by atoms with Gasteiger partial charge in [-0.25, -0.2) is 0 Å². The van der Waals surface area contributed by atoms with E-state index in [1.807, 2.05) is 44.7 Å². The number of fused-ring (bicyclic) bond motifs is 1. The Kier molecular flexibility index (Phi) is 4.74. The molecular formula is C22H25BF3NO2. The van der Waals surface area contributed by atoms with E-state index in [4.69, 9.17) is 9.31 Å². The van der Waals surface area contributed by atoms with E-state index in [1.54, 1.807) is 6.07 Å². The smallest absolute Gasteiger partial charge is 0.399 e. The standard InChI is InChI=1S/C22H25BF3NO2/c1-20(2)21(3,4)29-23(28-20)17-10-11-19-15(13-17)7-6-12-27(19)18-9-5-8-16(14-18)22(24,25)26/h5,8-11,13-14H,6-7,12H2,1-4H3. The summed E-state index contributed by atoms with van der Waals surface area (Å²) >= 11 is 0. The zero-order valence-electron chi connectivity index (χ0n) is 17.1. The van der Waals surface area contributed by atoms with Gasteiger partial charge in [0.2, 0.25) is 0 Å². The minimum Gasteiger partial charge on any atom is -0.399 e. The molecular weight excluding hydrogens is 378 g/mol. The maximum atomic E-state index is 13.1. The number of alkyl halides is 3. The average Bonchev–Trinajstić information content (AvgIpc) is 2.87. The number of anilines is 2. The molecule has 2 aliphatic rings. The Labute approximate surface area is 170 Å². The number of hydrogen-bond acceptors (Lipinski definition) is 3. The van der Waals surface area contributed by atoms with E-state index in [0.29, 0.717) is 12.2 Å². The first kappa shape index (κ1) is 20.3. The topological polar surface area (TPSA) is 21.7 Å². The van der Waals surface area contributed by atoms with Crippen LogP contribution in [-0.2, 0) is 21.9 Å². The van der Waals surface area contributed by atoms with Crippen LogP contribution in [0, 0.1) is 0 Å². The van der Waals surface area contributed by atoms with Crippen LogP contribution in [0.4, 0.5) is 24.5 Å². The Morgan fingerprint density at radius 2 is 1.66 bits per heavy atom. The van der Waals surface area contributed by atoms with Crippen molar-refractivity contribution in [2.75, 3.05) is 11.4 Å². The molecule has 7 heteroatoms. The van der Waals surface area contributed by atoms with Crippen LogP contribution in [0.25, 0.3) is 0 Å². The van der Waals surface area contributed by atoms with E-state index in [0.717, 1.165) is 35.6 Å². The second-order valence-corrected chi connectivity index (χ2v) is 8.78. The zero-order valence-corrected chi connectivity index (χ0v) is 17.1. The van der Waals surface area contributed by atoms with E-state index in [1.165, 1.54) is 12.1 Å². The quantitative estimate of drug-likeness (QED) is 0.653. The normalized spacial score (nSPS) is 20.7. The fourth-order valence-corrected chi connectivity index (χ4v) is 3.86. The monoisotopic (exact) mass is 403 g/mol. The van der Waals surface area contributed by atoms with Crippen molar-refractivity contribution >= 4 is 24.0 Å². The van der Waals surface area contributed by atoms with E-state index < -0.39 is 30.1 Å². The third-order valence-electron chi connectivity index (χ3n) is 6.23. The van der Waals surface area contributed by atoms with Crippen molar-refractivity contribution in [3.63, 3.8) is 0 Å². The molecule has 0 bridgehead atoms. The number of hydrogen-bond donors (Lipinski definition) is 0. The Bertz CT molecular complexity index is 911. The van der Waals surface area contributed by atoms with Gasteiger partial charge < -0.3 is 14.2 Å². The lowest BCUT2D eigenvalue weighted by atomic mass is 9.77. The molecule has 4 rings (SSSR count). The molecule has 154 valence electrons. The molecule has 0 unspecified atom stereocenters. The lowest BCUT2D eigenvalue weighted by Crippen LogP contribution is -2.41. The van der Waals surface area contributed by atoms with E-state index in [9.17, 15) is 13.2 Å². The minimum absolute atomic E-state index is 0.419. The summed E-state index contributed by atoms with van der Waals surface area (Å²) in [5, 5.41) is 0. The highest BCUT2D eigenvalue weighted by Gasteiger charge is 2.51. The van der Waals surface area contributed by atoms with Crippen LogP contribution in [0.15, 0.2) is 42.5 Å². The average molecular weight is 403 g/mol. The van der Waals surface area contributed by atoms with Gasteiger partial charge in [0, 0.05) is 17.9 Å². The minimum atomic E-state index is -4.35. The summed E-state index contributed by atoms with van der Waals surface area (Å²) < 4.78 is 51.7. The van der Waals surface area contributed by atoms with E-state index in [-0.39, 0.29) is 0 Å². The Morgan fingerprint density at radius 3 is 2.31 bits per heavy atom. The highest BCUT2D eigenvalue weighted by Crippen LogP contribution is 2.39. The largest absolute Gasteiger partial charge is 0.494 e. The molecule has 29 heavy (non-hydrogen) atoms. The van der Waals surface area contributed by atoms with Crippen LogP contribution in [-0.4, -0.2) is 24.9 Å². The van der Waals surface area contributed by atoms with Crippen molar-refractivity contribution in [1.29, 1.82) is 0 Å². The van der Waals surface area contributed by atoms with Crippen molar-refractivity contribution in [2.45, 2.75) is 57.9 Å². The highest BCUT2D eigenvalue weighted by molar-refractivity contribution is 6.62. The Balaban J connectivity index is 1.65. The molecule has 1 saturated heterocycles. The predicted molar refractivity (Wildman–Crippen MR) is 109 cm³/mol. The van der Waals surface area contributed by atoms with E-state index >= 15 is 0 Å².